The third kappa shape index (κ3) is 1.52. The zero-order valence-electron chi connectivity index (χ0n) is 8.29. The number of aliphatic hydroxyl groups is 1. The first-order valence-electron chi connectivity index (χ1n) is 4.94. The van der Waals surface area contributed by atoms with Crippen molar-refractivity contribution in [3.05, 3.63) is 12.2 Å². The van der Waals surface area contributed by atoms with E-state index < -0.39 is 0 Å². The molecule has 2 aliphatic rings. The molecular formula is C10H18NO2+. The molecule has 0 spiro atoms. The Hall–Kier alpha value is -0.380. The molecule has 0 radical (unpaired) electrons. The Bertz CT molecular complexity index is 241. The minimum absolute atomic E-state index is 0.207. The van der Waals surface area contributed by atoms with E-state index in [1.165, 1.54) is 0 Å². The predicted octanol–water partition coefficient (Wildman–Crippen LogP) is -0.582. The van der Waals surface area contributed by atoms with Crippen LogP contribution in [-0.2, 0) is 4.74 Å². The van der Waals surface area contributed by atoms with Crippen LogP contribution in [0.2, 0.25) is 0 Å². The summed E-state index contributed by atoms with van der Waals surface area (Å²) >= 11 is 0. The molecule has 1 fully saturated rings. The lowest BCUT2D eigenvalue weighted by atomic mass is 9.90. The molecule has 3 nitrogen and oxygen atoms in total. The molecule has 0 aromatic heterocycles. The third-order valence-electron chi connectivity index (χ3n) is 2.95. The Kier molecular flexibility index (Phi) is 1.98. The summed E-state index contributed by atoms with van der Waals surface area (Å²) < 4.78 is 5.98. The number of aliphatic hydroxyl groups excluding tert-OH is 1. The standard InChI is InChI=1S/C10H17NO2/c1-9-3-4-10(13-9,7-11-2)6-8(12)5-9/h3-4,8,11-12H,5-7H2,1-2H3/p+1/t8-,9-,10+/m1/s1. The second-order valence-electron chi connectivity index (χ2n) is 4.49. The second-order valence-corrected chi connectivity index (χ2v) is 4.49. The normalized spacial score (nSPS) is 48.4. The van der Waals surface area contributed by atoms with E-state index in [-0.39, 0.29) is 17.3 Å². The van der Waals surface area contributed by atoms with Gasteiger partial charge in [0.25, 0.3) is 0 Å². The maximum atomic E-state index is 9.71. The van der Waals surface area contributed by atoms with Crippen LogP contribution in [0.15, 0.2) is 12.2 Å². The molecule has 0 aromatic rings. The molecule has 2 bridgehead atoms. The molecule has 0 unspecified atom stereocenters. The third-order valence-corrected chi connectivity index (χ3v) is 2.95. The summed E-state index contributed by atoms with van der Waals surface area (Å²) in [4.78, 5) is 0. The molecule has 1 saturated heterocycles. The monoisotopic (exact) mass is 184 g/mol. The Balaban J connectivity index is 2.19. The highest BCUT2D eigenvalue weighted by molar-refractivity contribution is 5.21. The lowest BCUT2D eigenvalue weighted by Gasteiger charge is -2.39. The molecule has 0 amide bonds. The van der Waals surface area contributed by atoms with Crippen molar-refractivity contribution in [1.29, 1.82) is 0 Å². The molecule has 2 rings (SSSR count). The van der Waals surface area contributed by atoms with E-state index in [1.807, 2.05) is 14.0 Å². The van der Waals surface area contributed by atoms with Gasteiger partial charge in [-0.2, -0.15) is 0 Å². The van der Waals surface area contributed by atoms with Crippen molar-refractivity contribution in [2.24, 2.45) is 0 Å². The SMILES string of the molecule is C[NH2+]C[C@]12C=C[C@](C)(C[C@@H](O)C1)O2. The van der Waals surface area contributed by atoms with Gasteiger partial charge in [0.05, 0.1) is 18.8 Å². The van der Waals surface area contributed by atoms with Crippen LogP contribution in [0.25, 0.3) is 0 Å². The van der Waals surface area contributed by atoms with Crippen molar-refractivity contribution in [3.8, 4) is 0 Å². The fourth-order valence-corrected chi connectivity index (χ4v) is 2.56. The molecular weight excluding hydrogens is 166 g/mol. The van der Waals surface area contributed by atoms with Gasteiger partial charge in [-0.1, -0.05) is 6.08 Å². The van der Waals surface area contributed by atoms with E-state index in [4.69, 9.17) is 4.74 Å². The van der Waals surface area contributed by atoms with Crippen LogP contribution in [0.5, 0.6) is 0 Å². The lowest BCUT2D eigenvalue weighted by molar-refractivity contribution is -0.640. The number of fused-ring (bicyclic) bond motifs is 2. The second kappa shape index (κ2) is 2.80. The first-order valence-corrected chi connectivity index (χ1v) is 4.94. The van der Waals surface area contributed by atoms with Gasteiger partial charge in [0.1, 0.15) is 12.1 Å². The van der Waals surface area contributed by atoms with Gasteiger partial charge in [-0.25, -0.2) is 0 Å². The number of hydrogen-bond acceptors (Lipinski definition) is 2. The van der Waals surface area contributed by atoms with Crippen molar-refractivity contribution in [3.63, 3.8) is 0 Å². The van der Waals surface area contributed by atoms with Crippen LogP contribution in [0.4, 0.5) is 0 Å². The fraction of sp³-hybridized carbons (Fsp3) is 0.800. The largest absolute Gasteiger partial charge is 0.393 e. The Morgan fingerprint density at radius 3 is 3.00 bits per heavy atom. The predicted molar refractivity (Wildman–Crippen MR) is 49.3 cm³/mol. The van der Waals surface area contributed by atoms with Crippen LogP contribution in [0, 0.1) is 0 Å². The summed E-state index contributed by atoms with van der Waals surface area (Å²) in [6.45, 7) is 2.94. The minimum atomic E-state index is -0.222. The molecule has 3 heteroatoms. The summed E-state index contributed by atoms with van der Waals surface area (Å²) in [5.41, 5.74) is -0.429. The maximum absolute atomic E-state index is 9.71. The maximum Gasteiger partial charge on any atom is 0.138 e. The molecule has 2 heterocycles. The number of likely N-dealkylation sites (N-methyl/N-ethyl adjacent to an activating group) is 1. The smallest absolute Gasteiger partial charge is 0.138 e. The average molecular weight is 184 g/mol. The molecule has 3 N–H and O–H groups in total. The summed E-state index contributed by atoms with van der Waals surface area (Å²) in [7, 11) is 2.03. The van der Waals surface area contributed by atoms with Gasteiger partial charge in [-0.05, 0) is 13.0 Å². The van der Waals surface area contributed by atoms with Crippen LogP contribution in [0.3, 0.4) is 0 Å². The van der Waals surface area contributed by atoms with E-state index in [1.54, 1.807) is 0 Å². The van der Waals surface area contributed by atoms with Crippen molar-refractivity contribution in [1.82, 2.24) is 0 Å². The van der Waals surface area contributed by atoms with Gasteiger partial charge >= 0.3 is 0 Å². The van der Waals surface area contributed by atoms with Crippen LogP contribution < -0.4 is 5.32 Å². The first kappa shape index (κ1) is 9.19. The molecule has 3 atom stereocenters. The van der Waals surface area contributed by atoms with Gasteiger partial charge in [0.15, 0.2) is 0 Å². The molecule has 74 valence electrons. The van der Waals surface area contributed by atoms with Gasteiger partial charge in [0, 0.05) is 12.8 Å². The zero-order chi connectivity index (χ0) is 9.53. The van der Waals surface area contributed by atoms with Crippen molar-refractivity contribution >= 4 is 0 Å². The van der Waals surface area contributed by atoms with Gasteiger partial charge in [0.2, 0.25) is 0 Å². The number of nitrogens with two attached hydrogens (primary N) is 1. The summed E-state index contributed by atoms with van der Waals surface area (Å²) in [5.74, 6) is 0. The van der Waals surface area contributed by atoms with Crippen molar-refractivity contribution in [2.75, 3.05) is 13.6 Å². The molecule has 0 aliphatic carbocycles. The van der Waals surface area contributed by atoms with Crippen molar-refractivity contribution in [2.45, 2.75) is 37.1 Å². The van der Waals surface area contributed by atoms with E-state index in [0.717, 1.165) is 19.4 Å². The van der Waals surface area contributed by atoms with E-state index in [2.05, 4.69) is 17.5 Å². The van der Waals surface area contributed by atoms with Gasteiger partial charge in [-0.15, -0.1) is 0 Å². The highest BCUT2D eigenvalue weighted by Crippen LogP contribution is 2.42. The Morgan fingerprint density at radius 1 is 1.54 bits per heavy atom. The summed E-state index contributed by atoms with van der Waals surface area (Å²) in [5, 5.41) is 11.8. The molecule has 0 saturated carbocycles. The number of ether oxygens (including phenoxy) is 1. The fourth-order valence-electron chi connectivity index (χ4n) is 2.56. The first-order chi connectivity index (χ1) is 6.08. The van der Waals surface area contributed by atoms with Crippen LogP contribution in [-0.4, -0.2) is 36.0 Å². The Morgan fingerprint density at radius 2 is 2.31 bits per heavy atom. The molecule has 0 aromatic carbocycles. The minimum Gasteiger partial charge on any atom is -0.393 e. The lowest BCUT2D eigenvalue weighted by Crippen LogP contribution is -2.84. The zero-order valence-corrected chi connectivity index (χ0v) is 8.29. The topological polar surface area (TPSA) is 46.1 Å². The van der Waals surface area contributed by atoms with E-state index in [9.17, 15) is 5.11 Å². The average Bonchev–Trinajstić information content (AvgIpc) is 2.22. The number of quaternary nitrogens is 1. The molecule has 13 heavy (non-hydrogen) atoms. The Labute approximate surface area is 78.8 Å². The highest BCUT2D eigenvalue weighted by Gasteiger charge is 2.49. The number of rotatable bonds is 2. The quantitative estimate of drug-likeness (QED) is 0.564. The summed E-state index contributed by atoms with van der Waals surface area (Å²) in [6.07, 6.45) is 5.49. The van der Waals surface area contributed by atoms with Gasteiger partial charge < -0.3 is 15.2 Å². The van der Waals surface area contributed by atoms with Crippen molar-refractivity contribution < 1.29 is 15.2 Å². The summed E-state index contributed by atoms with van der Waals surface area (Å²) in [6, 6.07) is 0. The van der Waals surface area contributed by atoms with E-state index >= 15 is 0 Å². The van der Waals surface area contributed by atoms with Crippen LogP contribution >= 0.6 is 0 Å². The van der Waals surface area contributed by atoms with Gasteiger partial charge in [-0.3, -0.25) is 0 Å². The molecule has 2 aliphatic heterocycles. The number of hydrogen-bond donors (Lipinski definition) is 2. The van der Waals surface area contributed by atoms with E-state index in [0.29, 0.717) is 0 Å². The highest BCUT2D eigenvalue weighted by atomic mass is 16.5. The van der Waals surface area contributed by atoms with Crippen LogP contribution in [0.1, 0.15) is 19.8 Å².